The van der Waals surface area contributed by atoms with E-state index in [-0.39, 0.29) is 42.5 Å². The maximum atomic E-state index is 13.4. The maximum absolute atomic E-state index is 13.4. The monoisotopic (exact) mass is 489 g/mol. The van der Waals surface area contributed by atoms with Gasteiger partial charge in [0, 0.05) is 38.2 Å². The van der Waals surface area contributed by atoms with Crippen LogP contribution >= 0.6 is 0 Å². The van der Waals surface area contributed by atoms with Crippen molar-refractivity contribution < 1.29 is 27.2 Å². The number of halogens is 1. The SMILES string of the molecule is CCCC(=O)N1CCN(C(=O)[C@@H](NC(=O)c2ccccc2C)S(=O)(=O)c2ccc(F)cc2)CC1. The van der Waals surface area contributed by atoms with Gasteiger partial charge in [0.1, 0.15) is 5.82 Å². The Morgan fingerprint density at radius 3 is 2.15 bits per heavy atom. The van der Waals surface area contributed by atoms with Gasteiger partial charge in [0.25, 0.3) is 11.8 Å². The van der Waals surface area contributed by atoms with Gasteiger partial charge in [-0.2, -0.15) is 0 Å². The van der Waals surface area contributed by atoms with Gasteiger partial charge < -0.3 is 15.1 Å². The first-order chi connectivity index (χ1) is 16.1. The van der Waals surface area contributed by atoms with Crippen molar-refractivity contribution in [2.75, 3.05) is 26.2 Å². The first-order valence-corrected chi connectivity index (χ1v) is 12.6. The van der Waals surface area contributed by atoms with Crippen LogP contribution in [0.25, 0.3) is 0 Å². The molecule has 1 heterocycles. The Morgan fingerprint density at radius 2 is 1.56 bits per heavy atom. The van der Waals surface area contributed by atoms with Gasteiger partial charge in [-0.25, -0.2) is 12.8 Å². The molecule has 2 aromatic rings. The fourth-order valence-electron chi connectivity index (χ4n) is 3.77. The first-order valence-electron chi connectivity index (χ1n) is 11.1. The van der Waals surface area contributed by atoms with Gasteiger partial charge in [-0.3, -0.25) is 14.4 Å². The Morgan fingerprint density at radius 1 is 0.971 bits per heavy atom. The third kappa shape index (κ3) is 5.61. The third-order valence-electron chi connectivity index (χ3n) is 5.74. The van der Waals surface area contributed by atoms with Crippen LogP contribution in [0.5, 0.6) is 0 Å². The predicted molar refractivity (Wildman–Crippen MR) is 124 cm³/mol. The third-order valence-corrected chi connectivity index (χ3v) is 7.61. The summed E-state index contributed by atoms with van der Waals surface area (Å²) >= 11 is 0. The average molecular weight is 490 g/mol. The molecule has 3 rings (SSSR count). The normalized spacial score (nSPS) is 15.0. The van der Waals surface area contributed by atoms with Crippen LogP contribution in [-0.4, -0.2) is 67.5 Å². The second-order valence-electron chi connectivity index (χ2n) is 8.12. The van der Waals surface area contributed by atoms with Gasteiger partial charge in [-0.05, 0) is 49.2 Å². The lowest BCUT2D eigenvalue weighted by Gasteiger charge is -2.36. The Bertz CT molecular complexity index is 1160. The van der Waals surface area contributed by atoms with Gasteiger partial charge in [0.05, 0.1) is 4.90 Å². The lowest BCUT2D eigenvalue weighted by atomic mass is 10.1. The lowest BCUT2D eigenvalue weighted by Crippen LogP contribution is -2.57. The molecule has 1 fully saturated rings. The van der Waals surface area contributed by atoms with Crippen molar-refractivity contribution in [1.82, 2.24) is 15.1 Å². The van der Waals surface area contributed by atoms with Gasteiger partial charge >= 0.3 is 0 Å². The Kier molecular flexibility index (Phi) is 8.03. The van der Waals surface area contributed by atoms with Crippen LogP contribution in [0.4, 0.5) is 4.39 Å². The minimum absolute atomic E-state index is 0.0158. The Balaban J connectivity index is 1.88. The molecule has 0 unspecified atom stereocenters. The minimum Gasteiger partial charge on any atom is -0.339 e. The van der Waals surface area contributed by atoms with Crippen LogP contribution < -0.4 is 5.32 Å². The summed E-state index contributed by atoms with van der Waals surface area (Å²) < 4.78 is 40.2. The van der Waals surface area contributed by atoms with Crippen molar-refractivity contribution >= 4 is 27.6 Å². The molecule has 0 saturated carbocycles. The lowest BCUT2D eigenvalue weighted by molar-refractivity contribution is -0.139. The zero-order valence-electron chi connectivity index (χ0n) is 19.2. The van der Waals surface area contributed by atoms with Crippen molar-refractivity contribution in [3.63, 3.8) is 0 Å². The molecule has 3 amide bonds. The molecule has 0 aliphatic carbocycles. The number of nitrogens with one attached hydrogen (secondary N) is 1. The van der Waals surface area contributed by atoms with E-state index in [1.165, 1.54) is 11.0 Å². The zero-order chi connectivity index (χ0) is 24.9. The molecule has 2 aromatic carbocycles. The van der Waals surface area contributed by atoms with Gasteiger partial charge in [0.2, 0.25) is 21.1 Å². The zero-order valence-corrected chi connectivity index (χ0v) is 20.0. The summed E-state index contributed by atoms with van der Waals surface area (Å²) in [5.41, 5.74) is 0.859. The van der Waals surface area contributed by atoms with Crippen molar-refractivity contribution in [1.29, 1.82) is 0 Å². The summed E-state index contributed by atoms with van der Waals surface area (Å²) in [5.74, 6) is -2.15. The molecule has 10 heteroatoms. The molecule has 1 saturated heterocycles. The molecule has 0 radical (unpaired) electrons. The van der Waals surface area contributed by atoms with Gasteiger partial charge in [-0.15, -0.1) is 0 Å². The molecule has 1 aliphatic heterocycles. The summed E-state index contributed by atoms with van der Waals surface area (Å²) in [6.45, 7) is 4.44. The number of piperazine rings is 1. The molecule has 1 atom stereocenters. The largest absolute Gasteiger partial charge is 0.339 e. The van der Waals surface area contributed by atoms with Crippen LogP contribution in [0, 0.1) is 12.7 Å². The molecule has 8 nitrogen and oxygen atoms in total. The average Bonchev–Trinajstić information content (AvgIpc) is 2.82. The van der Waals surface area contributed by atoms with E-state index in [9.17, 15) is 27.2 Å². The van der Waals surface area contributed by atoms with E-state index in [2.05, 4.69) is 5.32 Å². The second kappa shape index (κ2) is 10.8. The number of carbonyl (C=O) groups is 3. The van der Waals surface area contributed by atoms with E-state index < -0.39 is 32.8 Å². The number of benzene rings is 2. The van der Waals surface area contributed by atoms with E-state index in [1.807, 2.05) is 6.92 Å². The molecule has 0 spiro atoms. The molecular formula is C24H28FN3O5S. The van der Waals surface area contributed by atoms with Gasteiger partial charge in [0.15, 0.2) is 0 Å². The van der Waals surface area contributed by atoms with E-state index in [0.29, 0.717) is 18.4 Å². The van der Waals surface area contributed by atoms with E-state index in [4.69, 9.17) is 0 Å². The molecule has 0 bridgehead atoms. The number of sulfone groups is 1. The number of hydrogen-bond acceptors (Lipinski definition) is 5. The number of nitrogens with zero attached hydrogens (tertiary/aromatic N) is 2. The molecule has 1 N–H and O–H groups in total. The van der Waals surface area contributed by atoms with Crippen LogP contribution in [0.3, 0.4) is 0 Å². The van der Waals surface area contributed by atoms with Gasteiger partial charge in [-0.1, -0.05) is 25.1 Å². The van der Waals surface area contributed by atoms with Crippen LogP contribution in [0.1, 0.15) is 35.7 Å². The highest BCUT2D eigenvalue weighted by Crippen LogP contribution is 2.19. The summed E-state index contributed by atoms with van der Waals surface area (Å²) in [7, 11) is -4.39. The number of aryl methyl sites for hydroxylation is 1. The smallest absolute Gasteiger partial charge is 0.261 e. The number of carbonyl (C=O) groups excluding carboxylic acids is 3. The highest BCUT2D eigenvalue weighted by Gasteiger charge is 2.39. The first kappa shape index (κ1) is 25.4. The summed E-state index contributed by atoms with van der Waals surface area (Å²) in [4.78, 5) is 41.2. The minimum atomic E-state index is -4.39. The van der Waals surface area contributed by atoms with Crippen molar-refractivity contribution in [3.05, 3.63) is 65.5 Å². The highest BCUT2D eigenvalue weighted by molar-refractivity contribution is 7.92. The summed E-state index contributed by atoms with van der Waals surface area (Å²) in [5, 5.41) is 0.486. The maximum Gasteiger partial charge on any atom is 0.261 e. The topological polar surface area (TPSA) is 104 Å². The Hall–Kier alpha value is -3.27. The molecule has 34 heavy (non-hydrogen) atoms. The summed E-state index contributed by atoms with van der Waals surface area (Å²) in [6, 6.07) is 10.7. The Labute approximate surface area is 198 Å². The summed E-state index contributed by atoms with van der Waals surface area (Å²) in [6.07, 6.45) is 1.11. The molecule has 182 valence electrons. The quantitative estimate of drug-likeness (QED) is 0.600. The van der Waals surface area contributed by atoms with Crippen LogP contribution in [0.2, 0.25) is 0 Å². The predicted octanol–water partition coefficient (Wildman–Crippen LogP) is 2.13. The van der Waals surface area contributed by atoms with Crippen molar-refractivity contribution in [2.45, 2.75) is 37.0 Å². The van der Waals surface area contributed by atoms with Crippen LogP contribution in [-0.2, 0) is 19.4 Å². The van der Waals surface area contributed by atoms with Crippen LogP contribution in [0.15, 0.2) is 53.4 Å². The molecular weight excluding hydrogens is 461 g/mol. The molecule has 1 aliphatic rings. The van der Waals surface area contributed by atoms with Crippen molar-refractivity contribution in [2.24, 2.45) is 0 Å². The number of rotatable bonds is 7. The second-order valence-corrected chi connectivity index (χ2v) is 10.2. The van der Waals surface area contributed by atoms with E-state index in [1.54, 1.807) is 30.0 Å². The van der Waals surface area contributed by atoms with E-state index in [0.717, 1.165) is 24.3 Å². The molecule has 0 aromatic heterocycles. The van der Waals surface area contributed by atoms with Crippen molar-refractivity contribution in [3.8, 4) is 0 Å². The highest BCUT2D eigenvalue weighted by atomic mass is 32.2. The standard InChI is InChI=1S/C24H28FN3O5S/c1-3-6-21(29)27-13-15-28(16-14-27)24(31)23(26-22(30)20-8-5-4-7-17(20)2)34(32,33)19-11-9-18(25)10-12-19/h4-5,7-12,23H,3,6,13-16H2,1-2H3,(H,26,30)/t23-/m0/s1. The number of amides is 3. The number of hydrogen-bond donors (Lipinski definition) is 1. The van der Waals surface area contributed by atoms with E-state index >= 15 is 0 Å². The fraction of sp³-hybridized carbons (Fsp3) is 0.375. The fourth-order valence-corrected chi connectivity index (χ4v) is 5.24.